The largest absolute Gasteiger partial charge is 0.482 e. The first-order chi connectivity index (χ1) is 12.6. The van der Waals surface area contributed by atoms with Crippen LogP contribution in [-0.4, -0.2) is 36.1 Å². The molecule has 1 aliphatic rings. The van der Waals surface area contributed by atoms with Crippen LogP contribution in [0, 0.1) is 0 Å². The topological polar surface area (TPSA) is 59.5 Å². The van der Waals surface area contributed by atoms with Gasteiger partial charge in [-0.05, 0) is 30.3 Å². The van der Waals surface area contributed by atoms with Gasteiger partial charge in [0.1, 0.15) is 5.75 Å². The third-order valence-corrected chi connectivity index (χ3v) is 5.22. The highest BCUT2D eigenvalue weighted by Gasteiger charge is 2.23. The number of carbonyl (C=O) groups excluding carboxylic acids is 2. The normalized spacial score (nSPS) is 13.4. The van der Waals surface area contributed by atoms with E-state index in [-0.39, 0.29) is 24.1 Å². The molecule has 2 aromatic carbocycles. The first kappa shape index (κ1) is 16.6. The van der Waals surface area contributed by atoms with Crippen LogP contribution in [0.1, 0.15) is 10.4 Å². The fraction of sp³-hybridized carbons (Fsp3) is 0.150. The number of nitrogens with zero attached hydrogens (tertiary/aromatic N) is 2. The fourth-order valence-electron chi connectivity index (χ4n) is 2.80. The Labute approximate surface area is 155 Å². The van der Waals surface area contributed by atoms with Gasteiger partial charge in [-0.25, -0.2) is 4.98 Å². The maximum Gasteiger partial charge on any atom is 0.264 e. The lowest BCUT2D eigenvalue weighted by atomic mass is 10.1. The summed E-state index contributed by atoms with van der Waals surface area (Å²) in [6, 6.07) is 17.0. The van der Waals surface area contributed by atoms with E-state index < -0.39 is 0 Å². The number of thioether (sulfide) groups is 1. The molecule has 3 aromatic rings. The third-order valence-electron chi connectivity index (χ3n) is 4.29. The van der Waals surface area contributed by atoms with Gasteiger partial charge < -0.3 is 9.64 Å². The van der Waals surface area contributed by atoms with E-state index >= 15 is 0 Å². The second-order valence-electron chi connectivity index (χ2n) is 5.98. The van der Waals surface area contributed by atoms with Gasteiger partial charge in [0, 0.05) is 18.0 Å². The number of ether oxygens (including phenoxy) is 1. The highest BCUT2D eigenvalue weighted by atomic mass is 32.2. The molecule has 0 saturated heterocycles. The predicted octanol–water partition coefficient (Wildman–Crippen LogP) is 3.57. The number of benzene rings is 2. The van der Waals surface area contributed by atoms with Gasteiger partial charge in [-0.1, -0.05) is 36.0 Å². The van der Waals surface area contributed by atoms with Crippen molar-refractivity contribution in [2.75, 3.05) is 24.3 Å². The summed E-state index contributed by atoms with van der Waals surface area (Å²) in [4.78, 5) is 30.4. The Hall–Kier alpha value is -2.86. The van der Waals surface area contributed by atoms with Gasteiger partial charge >= 0.3 is 0 Å². The van der Waals surface area contributed by atoms with Crippen LogP contribution in [0.25, 0.3) is 10.9 Å². The number of carbonyl (C=O) groups is 2. The highest BCUT2D eigenvalue weighted by molar-refractivity contribution is 7.99. The average molecular weight is 364 g/mol. The Kier molecular flexibility index (Phi) is 4.34. The molecule has 0 atom stereocenters. The van der Waals surface area contributed by atoms with E-state index in [1.165, 1.54) is 16.7 Å². The van der Waals surface area contributed by atoms with Crippen molar-refractivity contribution in [3.05, 3.63) is 60.2 Å². The quantitative estimate of drug-likeness (QED) is 0.523. The molecule has 2 heterocycles. The Morgan fingerprint density at radius 1 is 1.19 bits per heavy atom. The molecule has 1 aromatic heterocycles. The summed E-state index contributed by atoms with van der Waals surface area (Å²) in [6.07, 6.45) is 0. The zero-order valence-electron chi connectivity index (χ0n) is 14.1. The van der Waals surface area contributed by atoms with Crippen molar-refractivity contribution in [1.29, 1.82) is 0 Å². The number of fused-ring (bicyclic) bond motifs is 2. The molecular weight excluding hydrogens is 348 g/mol. The maximum absolute atomic E-state index is 12.6. The number of hydrogen-bond acceptors (Lipinski definition) is 5. The lowest BCUT2D eigenvalue weighted by molar-refractivity contribution is -0.120. The zero-order valence-corrected chi connectivity index (χ0v) is 15.0. The Morgan fingerprint density at radius 2 is 2.04 bits per heavy atom. The smallest absolute Gasteiger partial charge is 0.264 e. The van der Waals surface area contributed by atoms with Crippen molar-refractivity contribution in [3.63, 3.8) is 0 Å². The van der Waals surface area contributed by atoms with E-state index in [0.29, 0.717) is 17.0 Å². The Morgan fingerprint density at radius 3 is 2.92 bits per heavy atom. The first-order valence-corrected chi connectivity index (χ1v) is 9.15. The molecule has 26 heavy (non-hydrogen) atoms. The van der Waals surface area contributed by atoms with Crippen molar-refractivity contribution in [3.8, 4) is 5.75 Å². The van der Waals surface area contributed by atoms with E-state index in [9.17, 15) is 9.59 Å². The standard InChI is InChI=1S/C20H16N2O3S/c1-22-16-10-14(6-8-18(16)25-11-20(22)24)17(23)12-26-19-9-7-13-4-2-3-5-15(13)21-19/h2-10H,11-12H2,1H3. The van der Waals surface area contributed by atoms with Crippen LogP contribution in [0.5, 0.6) is 5.75 Å². The maximum atomic E-state index is 12.6. The average Bonchev–Trinajstić information content (AvgIpc) is 2.68. The molecule has 0 bridgehead atoms. The summed E-state index contributed by atoms with van der Waals surface area (Å²) in [7, 11) is 1.69. The summed E-state index contributed by atoms with van der Waals surface area (Å²) >= 11 is 1.40. The lowest BCUT2D eigenvalue weighted by Gasteiger charge is -2.26. The monoisotopic (exact) mass is 364 g/mol. The number of pyridine rings is 1. The molecule has 0 saturated carbocycles. The molecular formula is C20H16N2O3S. The highest BCUT2D eigenvalue weighted by Crippen LogP contribution is 2.32. The van der Waals surface area contributed by atoms with E-state index in [0.717, 1.165) is 15.9 Å². The van der Waals surface area contributed by atoms with Crippen molar-refractivity contribution >= 4 is 40.0 Å². The number of Topliss-reactive ketones (excluding diaryl/α,β-unsaturated/α-hetero) is 1. The fourth-order valence-corrected chi connectivity index (χ4v) is 3.57. The summed E-state index contributed by atoms with van der Waals surface area (Å²) < 4.78 is 5.39. The van der Waals surface area contributed by atoms with E-state index in [2.05, 4.69) is 4.98 Å². The predicted molar refractivity (Wildman–Crippen MR) is 102 cm³/mol. The summed E-state index contributed by atoms with van der Waals surface area (Å²) in [5.41, 5.74) is 2.10. The van der Waals surface area contributed by atoms with Crippen molar-refractivity contribution < 1.29 is 14.3 Å². The molecule has 0 radical (unpaired) electrons. The molecule has 0 unspecified atom stereocenters. The number of aromatic nitrogens is 1. The number of amides is 1. The van der Waals surface area contributed by atoms with Gasteiger partial charge in [0.15, 0.2) is 12.4 Å². The molecule has 1 amide bonds. The molecule has 1 aliphatic heterocycles. The second kappa shape index (κ2) is 6.80. The number of rotatable bonds is 4. The zero-order chi connectivity index (χ0) is 18.1. The van der Waals surface area contributed by atoms with Crippen LogP contribution in [0.15, 0.2) is 59.6 Å². The third kappa shape index (κ3) is 3.15. The molecule has 6 heteroatoms. The van der Waals surface area contributed by atoms with Crippen LogP contribution in [0.2, 0.25) is 0 Å². The van der Waals surface area contributed by atoms with Crippen LogP contribution in [0.4, 0.5) is 5.69 Å². The number of anilines is 1. The van der Waals surface area contributed by atoms with Gasteiger partial charge in [0.25, 0.3) is 5.91 Å². The van der Waals surface area contributed by atoms with E-state index in [1.54, 1.807) is 25.2 Å². The number of para-hydroxylation sites is 1. The number of hydrogen-bond donors (Lipinski definition) is 0. The van der Waals surface area contributed by atoms with Crippen molar-refractivity contribution in [1.82, 2.24) is 4.98 Å². The molecule has 0 fully saturated rings. The van der Waals surface area contributed by atoms with Crippen LogP contribution in [0.3, 0.4) is 0 Å². The first-order valence-electron chi connectivity index (χ1n) is 8.17. The molecule has 5 nitrogen and oxygen atoms in total. The van der Waals surface area contributed by atoms with Gasteiger partial charge in [0.05, 0.1) is 22.0 Å². The minimum atomic E-state index is -0.128. The minimum absolute atomic E-state index is 0.0146. The molecule has 0 N–H and O–H groups in total. The SMILES string of the molecule is CN1C(=O)COc2ccc(C(=O)CSc3ccc4ccccc4n3)cc21. The van der Waals surface area contributed by atoms with E-state index in [4.69, 9.17) is 4.74 Å². The number of likely N-dealkylation sites (N-methyl/N-ethyl adjacent to an activating group) is 1. The molecule has 4 rings (SSSR count). The van der Waals surface area contributed by atoms with Gasteiger partial charge in [0.2, 0.25) is 0 Å². The lowest BCUT2D eigenvalue weighted by Crippen LogP contribution is -2.35. The molecule has 0 aliphatic carbocycles. The van der Waals surface area contributed by atoms with Crippen molar-refractivity contribution in [2.45, 2.75) is 5.03 Å². The van der Waals surface area contributed by atoms with Gasteiger partial charge in [-0.2, -0.15) is 0 Å². The Bertz CT molecular complexity index is 1020. The molecule has 130 valence electrons. The number of ketones is 1. The van der Waals surface area contributed by atoms with Crippen LogP contribution >= 0.6 is 11.8 Å². The van der Waals surface area contributed by atoms with Crippen LogP contribution in [-0.2, 0) is 4.79 Å². The Balaban J connectivity index is 1.50. The van der Waals surface area contributed by atoms with E-state index in [1.807, 2.05) is 36.4 Å². The second-order valence-corrected chi connectivity index (χ2v) is 6.97. The minimum Gasteiger partial charge on any atom is -0.482 e. The summed E-state index contributed by atoms with van der Waals surface area (Å²) in [6.45, 7) is 0.0281. The van der Waals surface area contributed by atoms with Gasteiger partial charge in [-0.15, -0.1) is 0 Å². The van der Waals surface area contributed by atoms with Crippen molar-refractivity contribution in [2.24, 2.45) is 0 Å². The molecule has 0 spiro atoms. The summed E-state index contributed by atoms with van der Waals surface area (Å²) in [5, 5.41) is 1.89. The summed E-state index contributed by atoms with van der Waals surface area (Å²) in [5.74, 6) is 0.756. The van der Waals surface area contributed by atoms with Gasteiger partial charge in [-0.3, -0.25) is 9.59 Å². The van der Waals surface area contributed by atoms with Crippen LogP contribution < -0.4 is 9.64 Å².